The van der Waals surface area contributed by atoms with Crippen LogP contribution in [0.4, 0.5) is 0 Å². The lowest BCUT2D eigenvalue weighted by molar-refractivity contribution is 0.00161. The Balaban J connectivity index is 1.79. The zero-order valence-electron chi connectivity index (χ0n) is 18.6. The minimum Gasteiger partial charge on any atom is -0.496 e. The van der Waals surface area contributed by atoms with Crippen LogP contribution in [0.2, 0.25) is 0 Å². The first kappa shape index (κ1) is 24.7. The fourth-order valence-electron chi connectivity index (χ4n) is 3.74. The molecule has 1 heterocycles. The summed E-state index contributed by atoms with van der Waals surface area (Å²) in [4.78, 5) is 6.52. The molecule has 2 aromatic rings. The fourth-order valence-corrected chi connectivity index (χ4v) is 4.33. The first-order chi connectivity index (χ1) is 16.0. The molecule has 0 unspecified atom stereocenters. The van der Waals surface area contributed by atoms with Gasteiger partial charge in [0.2, 0.25) is 0 Å². The van der Waals surface area contributed by atoms with Crippen LogP contribution in [0.15, 0.2) is 45.9 Å². The van der Waals surface area contributed by atoms with Crippen molar-refractivity contribution in [2.75, 3.05) is 33.4 Å². The Morgan fingerprint density at radius 3 is 2.67 bits per heavy atom. The number of nitrogens with two attached hydrogens (primary N) is 1. The maximum absolute atomic E-state index is 9.37. The van der Waals surface area contributed by atoms with Crippen LogP contribution >= 0.6 is 15.9 Å². The van der Waals surface area contributed by atoms with Crippen LogP contribution in [0.5, 0.6) is 5.75 Å². The zero-order chi connectivity index (χ0) is 23.8. The van der Waals surface area contributed by atoms with Gasteiger partial charge in [0.1, 0.15) is 17.4 Å². The molecule has 0 bridgehead atoms. The summed E-state index contributed by atoms with van der Waals surface area (Å²) in [5, 5.41) is 27.1. The Kier molecular flexibility index (Phi) is 8.83. The SMILES string of the molecule is COc1ccc(CN=C(N)c2cc(C#N)ccc2C(=N)N2CCC(OCCO)CC2)cc1Br. The summed E-state index contributed by atoms with van der Waals surface area (Å²) in [6.45, 7) is 2.04. The van der Waals surface area contributed by atoms with Gasteiger partial charge in [-0.25, -0.2) is 0 Å². The van der Waals surface area contributed by atoms with Gasteiger partial charge in [-0.05, 0) is 64.7 Å². The smallest absolute Gasteiger partial charge is 0.133 e. The molecule has 0 radical (unpaired) electrons. The van der Waals surface area contributed by atoms with Crippen LogP contribution in [-0.4, -0.2) is 61.2 Å². The molecule has 1 fully saturated rings. The van der Waals surface area contributed by atoms with E-state index in [0.717, 1.165) is 28.6 Å². The van der Waals surface area contributed by atoms with Crippen molar-refractivity contribution < 1.29 is 14.6 Å². The number of hydrogen-bond acceptors (Lipinski definition) is 6. The minimum atomic E-state index is 0.0106. The maximum atomic E-state index is 9.37. The second kappa shape index (κ2) is 11.8. The third-order valence-corrected chi connectivity index (χ3v) is 6.15. The van der Waals surface area contributed by atoms with Gasteiger partial charge >= 0.3 is 0 Å². The molecule has 9 heteroatoms. The van der Waals surface area contributed by atoms with Crippen molar-refractivity contribution in [2.45, 2.75) is 25.5 Å². The second-order valence-corrected chi connectivity index (χ2v) is 8.53. The highest BCUT2D eigenvalue weighted by molar-refractivity contribution is 9.10. The lowest BCUT2D eigenvalue weighted by atomic mass is 10.00. The van der Waals surface area contributed by atoms with Gasteiger partial charge in [0.15, 0.2) is 0 Å². The molecule has 3 rings (SSSR count). The Morgan fingerprint density at radius 1 is 1.27 bits per heavy atom. The van der Waals surface area contributed by atoms with Crippen molar-refractivity contribution >= 4 is 27.6 Å². The van der Waals surface area contributed by atoms with Gasteiger partial charge in [0, 0.05) is 24.2 Å². The number of ether oxygens (including phenoxy) is 2. The fraction of sp³-hybridized carbons (Fsp3) is 0.375. The number of nitrogens with one attached hydrogen (secondary N) is 1. The van der Waals surface area contributed by atoms with E-state index in [1.165, 1.54) is 0 Å². The van der Waals surface area contributed by atoms with E-state index >= 15 is 0 Å². The van der Waals surface area contributed by atoms with Gasteiger partial charge in [-0.15, -0.1) is 0 Å². The number of halogens is 1. The van der Waals surface area contributed by atoms with E-state index in [4.69, 9.17) is 25.7 Å². The monoisotopic (exact) mass is 513 g/mol. The summed E-state index contributed by atoms with van der Waals surface area (Å²) in [5.74, 6) is 1.36. The Labute approximate surface area is 202 Å². The first-order valence-electron chi connectivity index (χ1n) is 10.7. The van der Waals surface area contributed by atoms with Crippen LogP contribution < -0.4 is 10.5 Å². The summed E-state index contributed by atoms with van der Waals surface area (Å²) in [6, 6.07) is 13.0. The second-order valence-electron chi connectivity index (χ2n) is 7.67. The highest BCUT2D eigenvalue weighted by Gasteiger charge is 2.24. The lowest BCUT2D eigenvalue weighted by Crippen LogP contribution is -2.41. The molecule has 1 saturated heterocycles. The average molecular weight is 514 g/mol. The van der Waals surface area contributed by atoms with E-state index in [1.807, 2.05) is 23.1 Å². The number of nitriles is 1. The van der Waals surface area contributed by atoms with E-state index in [1.54, 1.807) is 25.3 Å². The normalized spacial score (nSPS) is 14.7. The molecule has 2 aromatic carbocycles. The number of aliphatic hydroxyl groups excluding tert-OH is 1. The molecule has 8 nitrogen and oxygen atoms in total. The van der Waals surface area contributed by atoms with Gasteiger partial charge in [-0.1, -0.05) is 6.07 Å². The van der Waals surface area contributed by atoms with Crippen molar-refractivity contribution in [3.05, 3.63) is 63.1 Å². The van der Waals surface area contributed by atoms with E-state index in [-0.39, 0.29) is 18.5 Å². The van der Waals surface area contributed by atoms with Crippen LogP contribution in [0.3, 0.4) is 0 Å². The standard InChI is InChI=1S/C24H28BrN5O3/c1-32-22-5-3-17(13-21(22)25)15-29-23(27)20-12-16(14-26)2-4-19(20)24(28)30-8-6-18(7-9-30)33-11-10-31/h2-5,12-13,18,28,31H,6-11,15H2,1H3,(H2,27,29). The molecule has 0 spiro atoms. The van der Waals surface area contributed by atoms with E-state index in [0.29, 0.717) is 48.8 Å². The predicted octanol–water partition coefficient (Wildman–Crippen LogP) is 3.03. The summed E-state index contributed by atoms with van der Waals surface area (Å²) >= 11 is 3.48. The van der Waals surface area contributed by atoms with Gasteiger partial charge in [-0.3, -0.25) is 10.4 Å². The number of hydrogen-bond donors (Lipinski definition) is 3. The van der Waals surface area contributed by atoms with Crippen molar-refractivity contribution in [1.82, 2.24) is 4.90 Å². The Bertz CT molecular complexity index is 1060. The number of likely N-dealkylation sites (tertiary alicyclic amines) is 1. The molecule has 0 saturated carbocycles. The third kappa shape index (κ3) is 6.32. The number of amidine groups is 2. The van der Waals surface area contributed by atoms with Crippen molar-refractivity contribution in [2.24, 2.45) is 10.7 Å². The molecule has 4 N–H and O–H groups in total. The molecule has 0 aromatic heterocycles. The largest absolute Gasteiger partial charge is 0.496 e. The molecule has 1 aliphatic rings. The summed E-state index contributed by atoms with van der Waals surface area (Å²) in [6.07, 6.45) is 1.66. The molecule has 174 valence electrons. The number of benzene rings is 2. The quantitative estimate of drug-likeness (QED) is 0.367. The van der Waals surface area contributed by atoms with Gasteiger partial charge in [0.05, 0.1) is 49.1 Å². The zero-order valence-corrected chi connectivity index (χ0v) is 20.1. The van der Waals surface area contributed by atoms with Gasteiger partial charge in [-0.2, -0.15) is 5.26 Å². The van der Waals surface area contributed by atoms with Crippen LogP contribution in [0, 0.1) is 16.7 Å². The van der Waals surface area contributed by atoms with E-state index in [9.17, 15) is 5.26 Å². The molecule has 0 aliphatic carbocycles. The van der Waals surface area contributed by atoms with Crippen molar-refractivity contribution in [3.63, 3.8) is 0 Å². The van der Waals surface area contributed by atoms with E-state index in [2.05, 4.69) is 27.0 Å². The highest BCUT2D eigenvalue weighted by atomic mass is 79.9. The minimum absolute atomic E-state index is 0.0106. The molecule has 1 aliphatic heterocycles. The van der Waals surface area contributed by atoms with Crippen LogP contribution in [0.1, 0.15) is 35.1 Å². The van der Waals surface area contributed by atoms with E-state index < -0.39 is 0 Å². The number of aliphatic hydroxyl groups is 1. The topological polar surface area (TPSA) is 128 Å². The van der Waals surface area contributed by atoms with Gasteiger partial charge in [0.25, 0.3) is 0 Å². The van der Waals surface area contributed by atoms with Crippen molar-refractivity contribution in [3.8, 4) is 11.8 Å². The lowest BCUT2D eigenvalue weighted by Gasteiger charge is -2.34. The predicted molar refractivity (Wildman–Crippen MR) is 131 cm³/mol. The Hall–Kier alpha value is -2.93. The molecule has 0 atom stereocenters. The Morgan fingerprint density at radius 2 is 2.03 bits per heavy atom. The number of piperidine rings is 1. The maximum Gasteiger partial charge on any atom is 0.133 e. The van der Waals surface area contributed by atoms with Crippen molar-refractivity contribution in [1.29, 1.82) is 10.7 Å². The third-order valence-electron chi connectivity index (χ3n) is 5.53. The number of nitrogens with zero attached hydrogens (tertiary/aromatic N) is 3. The molecule has 0 amide bonds. The summed E-state index contributed by atoms with van der Waals surface area (Å²) in [5.41, 5.74) is 8.97. The molecule has 33 heavy (non-hydrogen) atoms. The number of rotatable bonds is 8. The average Bonchev–Trinajstić information content (AvgIpc) is 2.85. The summed E-state index contributed by atoms with van der Waals surface area (Å²) < 4.78 is 11.7. The highest BCUT2D eigenvalue weighted by Crippen LogP contribution is 2.26. The number of aliphatic imine (C=N–C) groups is 1. The number of methoxy groups -OCH3 is 1. The van der Waals surface area contributed by atoms with Gasteiger partial charge < -0.3 is 25.2 Å². The molecular weight excluding hydrogens is 486 g/mol. The summed E-state index contributed by atoms with van der Waals surface area (Å²) in [7, 11) is 1.61. The first-order valence-corrected chi connectivity index (χ1v) is 11.5. The van der Waals surface area contributed by atoms with Crippen LogP contribution in [-0.2, 0) is 11.3 Å². The molecular formula is C24H28BrN5O3. The van der Waals surface area contributed by atoms with Crippen LogP contribution in [0.25, 0.3) is 0 Å².